The van der Waals surface area contributed by atoms with Crippen LogP contribution in [0.5, 0.6) is 0 Å². The van der Waals surface area contributed by atoms with Crippen LogP contribution in [-0.4, -0.2) is 45.4 Å². The number of carboxylic acid groups (broad SMARTS) is 2. The molecule has 0 aromatic heterocycles. The van der Waals surface area contributed by atoms with Crippen LogP contribution in [0.1, 0.15) is 12.8 Å². The van der Waals surface area contributed by atoms with Gasteiger partial charge in [0.2, 0.25) is 0 Å². The molecule has 0 radical (unpaired) electrons. The monoisotopic (exact) mass is 227 g/mol. The first-order chi connectivity index (χ1) is 7.44. The number of aliphatic carboxylic acids is 2. The molecular formula is C10H13NO5. The molecule has 88 valence electrons. The van der Waals surface area contributed by atoms with Crippen molar-refractivity contribution in [2.24, 2.45) is 5.41 Å². The zero-order valence-electron chi connectivity index (χ0n) is 8.46. The number of fused-ring (bicyclic) bond motifs is 2. The Labute approximate surface area is 91.6 Å². The third-order valence-corrected chi connectivity index (χ3v) is 3.32. The number of carbonyl (C=O) groups is 2. The van der Waals surface area contributed by atoms with E-state index < -0.39 is 35.5 Å². The number of carboxylic acids is 2. The van der Waals surface area contributed by atoms with E-state index in [1.54, 1.807) is 0 Å². The van der Waals surface area contributed by atoms with Gasteiger partial charge >= 0.3 is 11.9 Å². The Kier molecular flexibility index (Phi) is 2.47. The molecule has 1 heterocycles. The second-order valence-electron chi connectivity index (χ2n) is 4.38. The third kappa shape index (κ3) is 1.60. The van der Waals surface area contributed by atoms with Crippen molar-refractivity contribution in [3.05, 3.63) is 12.2 Å². The van der Waals surface area contributed by atoms with E-state index in [1.165, 1.54) is 12.2 Å². The lowest BCUT2D eigenvalue weighted by Gasteiger charge is -2.43. The molecule has 6 nitrogen and oxygen atoms in total. The largest absolute Gasteiger partial charge is 0.481 e. The summed E-state index contributed by atoms with van der Waals surface area (Å²) in [4.78, 5) is 22.1. The Hall–Kier alpha value is -1.40. The molecule has 2 bridgehead atoms. The summed E-state index contributed by atoms with van der Waals surface area (Å²) in [6, 6.07) is -1.43. The highest BCUT2D eigenvalue weighted by Gasteiger charge is 2.50. The Morgan fingerprint density at radius 2 is 2.00 bits per heavy atom. The van der Waals surface area contributed by atoms with Crippen molar-refractivity contribution in [1.82, 2.24) is 5.32 Å². The van der Waals surface area contributed by atoms with Gasteiger partial charge in [0.25, 0.3) is 0 Å². The number of aliphatic hydroxyl groups excluding tert-OH is 1. The summed E-state index contributed by atoms with van der Waals surface area (Å²) in [5, 5.41) is 30.4. The Balaban J connectivity index is 2.34. The van der Waals surface area contributed by atoms with Crippen molar-refractivity contribution in [3.63, 3.8) is 0 Å². The fraction of sp³-hybridized carbons (Fsp3) is 0.600. The molecule has 2 rings (SSSR count). The van der Waals surface area contributed by atoms with Crippen molar-refractivity contribution in [2.45, 2.75) is 31.0 Å². The first kappa shape index (κ1) is 11.1. The van der Waals surface area contributed by atoms with Crippen molar-refractivity contribution in [3.8, 4) is 0 Å². The van der Waals surface area contributed by atoms with Gasteiger partial charge in [0.05, 0.1) is 11.5 Å². The molecule has 2 aliphatic rings. The van der Waals surface area contributed by atoms with Crippen LogP contribution in [0, 0.1) is 5.41 Å². The molecule has 0 saturated carbocycles. The van der Waals surface area contributed by atoms with E-state index in [0.717, 1.165) is 0 Å². The van der Waals surface area contributed by atoms with E-state index in [4.69, 9.17) is 5.11 Å². The van der Waals surface area contributed by atoms with E-state index in [9.17, 15) is 19.8 Å². The maximum Gasteiger partial charge on any atom is 0.320 e. The fourth-order valence-electron chi connectivity index (χ4n) is 2.39. The Bertz CT molecular complexity index is 366. The van der Waals surface area contributed by atoms with Crippen molar-refractivity contribution in [1.29, 1.82) is 0 Å². The van der Waals surface area contributed by atoms with Gasteiger partial charge in [-0.25, -0.2) is 0 Å². The molecule has 0 aromatic carbocycles. The van der Waals surface area contributed by atoms with E-state index in [0.29, 0.717) is 0 Å². The van der Waals surface area contributed by atoms with Gasteiger partial charge in [0.1, 0.15) is 6.04 Å². The minimum atomic E-state index is -1.15. The van der Waals surface area contributed by atoms with Crippen molar-refractivity contribution >= 4 is 11.9 Å². The van der Waals surface area contributed by atoms with Crippen LogP contribution in [0.15, 0.2) is 12.2 Å². The third-order valence-electron chi connectivity index (χ3n) is 3.32. The minimum Gasteiger partial charge on any atom is -0.481 e. The summed E-state index contributed by atoms with van der Waals surface area (Å²) < 4.78 is 0. The van der Waals surface area contributed by atoms with Crippen LogP contribution in [0.4, 0.5) is 0 Å². The number of aliphatic hydroxyl groups is 1. The summed E-state index contributed by atoms with van der Waals surface area (Å²) in [5.41, 5.74) is -1.15. The molecule has 1 fully saturated rings. The molecule has 1 aliphatic carbocycles. The maximum absolute atomic E-state index is 11.2. The van der Waals surface area contributed by atoms with Crippen LogP contribution < -0.4 is 5.32 Å². The normalized spacial score (nSPS) is 41.7. The summed E-state index contributed by atoms with van der Waals surface area (Å²) in [6.07, 6.45) is 2.26. The molecule has 0 amide bonds. The molecule has 6 heteroatoms. The van der Waals surface area contributed by atoms with Gasteiger partial charge in [-0.2, -0.15) is 0 Å². The first-order valence-corrected chi connectivity index (χ1v) is 5.04. The molecule has 16 heavy (non-hydrogen) atoms. The SMILES string of the molecule is O=C(O)C1C[C@@]2(C(=O)O)C=C[C@H](O)[C@H](C2)N1. The van der Waals surface area contributed by atoms with Crippen LogP contribution >= 0.6 is 0 Å². The lowest BCUT2D eigenvalue weighted by atomic mass is 9.69. The highest BCUT2D eigenvalue weighted by Crippen LogP contribution is 2.39. The van der Waals surface area contributed by atoms with Gasteiger partial charge < -0.3 is 15.3 Å². The maximum atomic E-state index is 11.2. The predicted molar refractivity (Wildman–Crippen MR) is 52.8 cm³/mol. The molecule has 4 N–H and O–H groups in total. The topological polar surface area (TPSA) is 107 Å². The van der Waals surface area contributed by atoms with Crippen LogP contribution in [0.3, 0.4) is 0 Å². The lowest BCUT2D eigenvalue weighted by Crippen LogP contribution is -2.60. The second kappa shape index (κ2) is 3.57. The number of hydrogen-bond donors (Lipinski definition) is 4. The Morgan fingerprint density at radius 1 is 1.31 bits per heavy atom. The Morgan fingerprint density at radius 3 is 2.56 bits per heavy atom. The van der Waals surface area contributed by atoms with Crippen LogP contribution in [-0.2, 0) is 9.59 Å². The van der Waals surface area contributed by atoms with Crippen molar-refractivity contribution in [2.75, 3.05) is 0 Å². The summed E-state index contributed by atoms with van der Waals surface area (Å²) in [7, 11) is 0. The average molecular weight is 227 g/mol. The van der Waals surface area contributed by atoms with Gasteiger partial charge in [-0.1, -0.05) is 12.2 Å². The number of piperidine rings is 1. The van der Waals surface area contributed by atoms with E-state index in [1.807, 2.05) is 0 Å². The number of rotatable bonds is 2. The quantitative estimate of drug-likeness (QED) is 0.460. The highest BCUT2D eigenvalue weighted by molar-refractivity contribution is 5.81. The van der Waals surface area contributed by atoms with Crippen molar-refractivity contribution < 1.29 is 24.9 Å². The van der Waals surface area contributed by atoms with Gasteiger partial charge in [0, 0.05) is 6.04 Å². The van der Waals surface area contributed by atoms with Crippen LogP contribution in [0.25, 0.3) is 0 Å². The van der Waals surface area contributed by atoms with E-state index in [2.05, 4.69) is 5.32 Å². The first-order valence-electron chi connectivity index (χ1n) is 5.04. The molecular weight excluding hydrogens is 214 g/mol. The zero-order valence-corrected chi connectivity index (χ0v) is 8.46. The standard InChI is InChI=1S/C10H13NO5/c12-7-1-2-10(9(15)16)3-5(7)11-6(4-10)8(13)14/h1-2,5-7,11-12H,3-4H2,(H,13,14)(H,15,16)/t5-,6?,7-,10+/m0/s1. The zero-order chi connectivity index (χ0) is 11.9. The molecule has 1 aliphatic heterocycles. The van der Waals surface area contributed by atoms with Gasteiger partial charge in [-0.15, -0.1) is 0 Å². The van der Waals surface area contributed by atoms with Gasteiger partial charge in [-0.05, 0) is 12.8 Å². The van der Waals surface area contributed by atoms with E-state index >= 15 is 0 Å². The molecule has 4 atom stereocenters. The minimum absolute atomic E-state index is 0.0113. The molecule has 0 spiro atoms. The average Bonchev–Trinajstić information content (AvgIpc) is 2.23. The van der Waals surface area contributed by atoms with Crippen LogP contribution in [0.2, 0.25) is 0 Å². The second-order valence-corrected chi connectivity index (χ2v) is 4.38. The smallest absolute Gasteiger partial charge is 0.320 e. The number of hydrogen-bond acceptors (Lipinski definition) is 4. The molecule has 1 saturated heterocycles. The summed E-state index contributed by atoms with van der Waals surface area (Å²) in [5.74, 6) is -2.12. The summed E-state index contributed by atoms with van der Waals surface area (Å²) in [6.45, 7) is 0. The highest BCUT2D eigenvalue weighted by atomic mass is 16.4. The van der Waals surface area contributed by atoms with E-state index in [-0.39, 0.29) is 12.8 Å². The van der Waals surface area contributed by atoms with Gasteiger partial charge in [0.15, 0.2) is 0 Å². The lowest BCUT2D eigenvalue weighted by molar-refractivity contribution is -0.152. The predicted octanol–water partition coefficient (Wildman–Crippen LogP) is -0.807. The summed E-state index contributed by atoms with van der Waals surface area (Å²) >= 11 is 0. The molecule has 1 unspecified atom stereocenters. The number of nitrogens with one attached hydrogen (secondary N) is 1. The van der Waals surface area contributed by atoms with Gasteiger partial charge in [-0.3, -0.25) is 14.9 Å². The molecule has 0 aromatic rings. The fourth-order valence-corrected chi connectivity index (χ4v) is 2.39.